The summed E-state index contributed by atoms with van der Waals surface area (Å²) >= 11 is 0.653. The van der Waals surface area contributed by atoms with E-state index in [1.54, 1.807) is 18.2 Å². The van der Waals surface area contributed by atoms with Crippen molar-refractivity contribution >= 4 is 34.5 Å². The fourth-order valence-electron chi connectivity index (χ4n) is 1.59. The van der Waals surface area contributed by atoms with Gasteiger partial charge in [0.05, 0.1) is 5.69 Å². The van der Waals surface area contributed by atoms with Crippen LogP contribution in [-0.2, 0) is 9.59 Å². The van der Waals surface area contributed by atoms with Crippen molar-refractivity contribution in [3.05, 3.63) is 29.8 Å². The van der Waals surface area contributed by atoms with Crippen LogP contribution in [0.2, 0.25) is 0 Å². The molecule has 1 saturated heterocycles. The van der Waals surface area contributed by atoms with Gasteiger partial charge in [0.1, 0.15) is 0 Å². The summed E-state index contributed by atoms with van der Waals surface area (Å²) in [5.74, 6) is -1.36. The molecule has 1 fully saturated rings. The Morgan fingerprint density at radius 1 is 1.41 bits per heavy atom. The van der Waals surface area contributed by atoms with E-state index < -0.39 is 22.3 Å². The predicted molar refractivity (Wildman–Crippen MR) is 64.6 cm³/mol. The zero-order valence-electron chi connectivity index (χ0n) is 9.04. The van der Waals surface area contributed by atoms with Gasteiger partial charge >= 0.3 is 0 Å². The summed E-state index contributed by atoms with van der Waals surface area (Å²) in [6.45, 7) is 1.85. The Morgan fingerprint density at radius 2 is 2.12 bits per heavy atom. The van der Waals surface area contributed by atoms with Gasteiger partial charge < -0.3 is 5.73 Å². The van der Waals surface area contributed by atoms with Crippen LogP contribution in [0, 0.1) is 6.92 Å². The Morgan fingerprint density at radius 3 is 2.65 bits per heavy atom. The van der Waals surface area contributed by atoms with Crippen LogP contribution in [0.1, 0.15) is 5.56 Å². The van der Waals surface area contributed by atoms with Gasteiger partial charge in [-0.15, -0.1) is 0 Å². The fourth-order valence-corrected chi connectivity index (χ4v) is 2.42. The van der Waals surface area contributed by atoms with E-state index in [-0.39, 0.29) is 0 Å². The van der Waals surface area contributed by atoms with Crippen LogP contribution in [0.5, 0.6) is 0 Å². The Bertz CT molecular complexity index is 515. The molecule has 88 valence electrons. The minimum atomic E-state index is -1.11. The standard InChI is InChI=1S/C11H10N2O3S/c1-6-3-2-4-7(5-6)13-10(15)8(9(12)14)17-11(13)16/h2-5,8H,1H3,(H2,12,14)/t8-/m0/s1. The number of nitrogens with two attached hydrogens (primary N) is 1. The summed E-state index contributed by atoms with van der Waals surface area (Å²) in [5, 5.41) is -1.58. The highest BCUT2D eigenvalue weighted by atomic mass is 32.2. The summed E-state index contributed by atoms with van der Waals surface area (Å²) < 4.78 is 0. The van der Waals surface area contributed by atoms with Gasteiger partial charge in [-0.05, 0) is 36.4 Å². The number of nitrogens with zero attached hydrogens (tertiary/aromatic N) is 1. The Labute approximate surface area is 102 Å². The van der Waals surface area contributed by atoms with E-state index in [4.69, 9.17) is 5.73 Å². The van der Waals surface area contributed by atoms with Gasteiger partial charge in [-0.2, -0.15) is 0 Å². The first-order valence-electron chi connectivity index (χ1n) is 4.91. The van der Waals surface area contributed by atoms with Crippen LogP contribution >= 0.6 is 11.8 Å². The SMILES string of the molecule is Cc1cccc(N2C(=O)S[C@@H](C(N)=O)C2=O)c1. The van der Waals surface area contributed by atoms with Crippen molar-refractivity contribution in [1.29, 1.82) is 0 Å². The summed E-state index contributed by atoms with van der Waals surface area (Å²) in [6.07, 6.45) is 0. The second kappa shape index (κ2) is 4.21. The Kier molecular flexibility index (Phi) is 2.89. The fraction of sp³-hybridized carbons (Fsp3) is 0.182. The topological polar surface area (TPSA) is 80.5 Å². The van der Waals surface area contributed by atoms with Gasteiger partial charge in [-0.25, -0.2) is 4.90 Å². The van der Waals surface area contributed by atoms with Crippen molar-refractivity contribution in [3.63, 3.8) is 0 Å². The zero-order chi connectivity index (χ0) is 12.6. The third kappa shape index (κ3) is 2.03. The number of thioether (sulfide) groups is 1. The van der Waals surface area contributed by atoms with E-state index in [9.17, 15) is 14.4 Å². The number of amides is 3. The van der Waals surface area contributed by atoms with Crippen molar-refractivity contribution in [1.82, 2.24) is 0 Å². The second-order valence-electron chi connectivity index (χ2n) is 3.68. The number of benzene rings is 1. The molecule has 1 aliphatic heterocycles. The number of aryl methyl sites for hydroxylation is 1. The molecule has 0 unspecified atom stereocenters. The number of hydrogen-bond donors (Lipinski definition) is 1. The molecule has 6 heteroatoms. The van der Waals surface area contributed by atoms with E-state index in [0.717, 1.165) is 10.5 Å². The molecule has 2 N–H and O–H groups in total. The maximum atomic E-state index is 11.9. The van der Waals surface area contributed by atoms with Crippen LogP contribution in [0.25, 0.3) is 0 Å². The van der Waals surface area contributed by atoms with E-state index in [0.29, 0.717) is 17.4 Å². The lowest BCUT2D eigenvalue weighted by Crippen LogP contribution is -2.37. The van der Waals surface area contributed by atoms with Crippen molar-refractivity contribution in [2.45, 2.75) is 12.2 Å². The summed E-state index contributed by atoms with van der Waals surface area (Å²) in [7, 11) is 0. The van der Waals surface area contributed by atoms with Crippen LogP contribution in [0.15, 0.2) is 24.3 Å². The lowest BCUT2D eigenvalue weighted by atomic mass is 10.2. The molecule has 2 rings (SSSR count). The molecule has 0 spiro atoms. The van der Waals surface area contributed by atoms with Gasteiger partial charge in [0.25, 0.3) is 11.1 Å². The van der Waals surface area contributed by atoms with E-state index in [1.807, 2.05) is 13.0 Å². The molecule has 3 amide bonds. The first-order chi connectivity index (χ1) is 8.00. The number of primary amides is 1. The summed E-state index contributed by atoms with van der Waals surface area (Å²) in [4.78, 5) is 35.5. The average molecular weight is 250 g/mol. The molecular weight excluding hydrogens is 240 g/mol. The van der Waals surface area contributed by atoms with Crippen LogP contribution < -0.4 is 10.6 Å². The highest BCUT2D eigenvalue weighted by Crippen LogP contribution is 2.31. The number of imide groups is 1. The van der Waals surface area contributed by atoms with Crippen molar-refractivity contribution in [2.24, 2.45) is 5.73 Å². The number of anilines is 1. The Balaban J connectivity index is 2.37. The third-order valence-electron chi connectivity index (χ3n) is 2.36. The minimum Gasteiger partial charge on any atom is -0.368 e. The van der Waals surface area contributed by atoms with E-state index in [2.05, 4.69) is 0 Å². The largest absolute Gasteiger partial charge is 0.368 e. The average Bonchev–Trinajstić information content (AvgIpc) is 2.54. The molecule has 0 bridgehead atoms. The molecule has 0 aromatic heterocycles. The highest BCUT2D eigenvalue weighted by Gasteiger charge is 2.43. The summed E-state index contributed by atoms with van der Waals surface area (Å²) in [6, 6.07) is 6.95. The van der Waals surface area contributed by atoms with Crippen LogP contribution in [0.4, 0.5) is 10.5 Å². The molecule has 1 aromatic carbocycles. The molecule has 0 aliphatic carbocycles. The second-order valence-corrected chi connectivity index (χ2v) is 4.74. The minimum absolute atomic E-state index is 0.468. The van der Waals surface area contributed by atoms with Gasteiger partial charge in [-0.1, -0.05) is 12.1 Å². The van der Waals surface area contributed by atoms with Gasteiger partial charge in [0.15, 0.2) is 5.25 Å². The first kappa shape index (κ1) is 11.7. The monoisotopic (exact) mass is 250 g/mol. The number of rotatable bonds is 2. The molecule has 0 saturated carbocycles. The highest BCUT2D eigenvalue weighted by molar-refractivity contribution is 8.16. The lowest BCUT2D eigenvalue weighted by molar-refractivity contribution is -0.124. The van der Waals surface area contributed by atoms with Crippen molar-refractivity contribution < 1.29 is 14.4 Å². The Hall–Kier alpha value is -1.82. The molecule has 1 aliphatic rings. The smallest absolute Gasteiger partial charge is 0.294 e. The van der Waals surface area contributed by atoms with Crippen LogP contribution in [0.3, 0.4) is 0 Å². The predicted octanol–water partition coefficient (Wildman–Crippen LogP) is 1.05. The van der Waals surface area contributed by atoms with Crippen LogP contribution in [-0.4, -0.2) is 22.3 Å². The number of carbonyl (C=O) groups is 3. The lowest BCUT2D eigenvalue weighted by Gasteiger charge is -2.13. The molecule has 17 heavy (non-hydrogen) atoms. The van der Waals surface area contributed by atoms with E-state index in [1.165, 1.54) is 0 Å². The number of hydrogen-bond acceptors (Lipinski definition) is 4. The quantitative estimate of drug-likeness (QED) is 0.795. The first-order valence-corrected chi connectivity index (χ1v) is 5.79. The third-order valence-corrected chi connectivity index (χ3v) is 3.42. The van der Waals surface area contributed by atoms with Gasteiger partial charge in [0.2, 0.25) is 5.91 Å². The van der Waals surface area contributed by atoms with Gasteiger partial charge in [-0.3, -0.25) is 14.4 Å². The molecule has 1 heterocycles. The number of carbonyl (C=O) groups excluding carboxylic acids is 3. The molecule has 5 nitrogen and oxygen atoms in total. The van der Waals surface area contributed by atoms with Crippen molar-refractivity contribution in [2.75, 3.05) is 4.90 Å². The molecular formula is C11H10N2O3S. The molecule has 0 radical (unpaired) electrons. The zero-order valence-corrected chi connectivity index (χ0v) is 9.86. The van der Waals surface area contributed by atoms with Crippen molar-refractivity contribution in [3.8, 4) is 0 Å². The molecule has 1 atom stereocenters. The maximum Gasteiger partial charge on any atom is 0.294 e. The maximum absolute atomic E-state index is 11.9. The van der Waals surface area contributed by atoms with E-state index >= 15 is 0 Å². The normalized spacial score (nSPS) is 19.8. The molecule has 1 aromatic rings. The summed E-state index contributed by atoms with van der Waals surface area (Å²) in [5.41, 5.74) is 6.46. The van der Waals surface area contributed by atoms with Gasteiger partial charge in [0, 0.05) is 0 Å².